The maximum absolute atomic E-state index is 11.8. The minimum Gasteiger partial charge on any atom is -0.504 e. The molecule has 0 spiro atoms. The molecular formula is C13H12N2O3. The Morgan fingerprint density at radius 3 is 2.61 bits per heavy atom. The molecule has 1 aromatic carbocycles. The molecule has 0 aliphatic rings. The summed E-state index contributed by atoms with van der Waals surface area (Å²) in [6.07, 6.45) is 1.60. The number of phenolic OH excluding ortho intramolecular Hbond substituents is 2. The monoisotopic (exact) mass is 244 g/mol. The first kappa shape index (κ1) is 11.9. The summed E-state index contributed by atoms with van der Waals surface area (Å²) in [6, 6.07) is 7.43. The van der Waals surface area contributed by atoms with Crippen molar-refractivity contribution in [1.82, 2.24) is 4.98 Å². The number of hydrogen-bond acceptors (Lipinski definition) is 4. The summed E-state index contributed by atoms with van der Waals surface area (Å²) in [5.41, 5.74) is 1.22. The number of carbonyl (C=O) groups excluding carboxylic acids is 1. The van der Waals surface area contributed by atoms with Gasteiger partial charge in [0.2, 0.25) is 0 Å². The van der Waals surface area contributed by atoms with Gasteiger partial charge in [-0.3, -0.25) is 4.79 Å². The quantitative estimate of drug-likeness (QED) is 0.706. The van der Waals surface area contributed by atoms with Crippen LogP contribution >= 0.6 is 0 Å². The van der Waals surface area contributed by atoms with Gasteiger partial charge < -0.3 is 15.5 Å². The van der Waals surface area contributed by atoms with E-state index < -0.39 is 5.91 Å². The van der Waals surface area contributed by atoms with Crippen LogP contribution in [0.1, 0.15) is 15.9 Å². The minimum absolute atomic E-state index is 0.244. The van der Waals surface area contributed by atoms with E-state index in [1.165, 1.54) is 18.2 Å². The normalized spacial score (nSPS) is 10.1. The zero-order valence-electron chi connectivity index (χ0n) is 9.71. The Morgan fingerprint density at radius 1 is 1.17 bits per heavy atom. The number of aryl methyl sites for hydroxylation is 1. The van der Waals surface area contributed by atoms with E-state index in [9.17, 15) is 9.90 Å². The number of amides is 1. The standard InChI is InChI=1S/C13H12N2O3/c1-8-4-5-14-12(6-8)15-13(18)9-2-3-10(16)11(17)7-9/h2-7,16-17H,1H3,(H,14,15,18). The Hall–Kier alpha value is -2.56. The van der Waals surface area contributed by atoms with Crippen LogP contribution < -0.4 is 5.32 Å². The van der Waals surface area contributed by atoms with E-state index in [-0.39, 0.29) is 17.1 Å². The predicted molar refractivity (Wildman–Crippen MR) is 66.7 cm³/mol. The third kappa shape index (κ3) is 2.57. The van der Waals surface area contributed by atoms with Gasteiger partial charge in [0.25, 0.3) is 5.91 Å². The summed E-state index contributed by atoms with van der Waals surface area (Å²) >= 11 is 0. The van der Waals surface area contributed by atoms with Crippen molar-refractivity contribution >= 4 is 11.7 Å². The Morgan fingerprint density at radius 2 is 1.94 bits per heavy atom. The highest BCUT2D eigenvalue weighted by Gasteiger charge is 2.09. The van der Waals surface area contributed by atoms with E-state index in [2.05, 4.69) is 10.3 Å². The van der Waals surface area contributed by atoms with Gasteiger partial charge in [-0.25, -0.2) is 4.98 Å². The first-order chi connectivity index (χ1) is 8.56. The molecule has 5 nitrogen and oxygen atoms in total. The number of aromatic hydroxyl groups is 2. The SMILES string of the molecule is Cc1ccnc(NC(=O)c2ccc(O)c(O)c2)c1. The molecule has 1 heterocycles. The van der Waals surface area contributed by atoms with E-state index in [1.54, 1.807) is 12.3 Å². The lowest BCUT2D eigenvalue weighted by Crippen LogP contribution is -2.12. The van der Waals surface area contributed by atoms with Gasteiger partial charge in [-0.1, -0.05) is 0 Å². The Bertz CT molecular complexity index is 597. The van der Waals surface area contributed by atoms with Crippen LogP contribution in [0.5, 0.6) is 11.5 Å². The number of aromatic nitrogens is 1. The second-order valence-corrected chi connectivity index (χ2v) is 3.88. The van der Waals surface area contributed by atoms with E-state index in [4.69, 9.17) is 5.11 Å². The number of carbonyl (C=O) groups is 1. The molecule has 0 saturated carbocycles. The van der Waals surface area contributed by atoms with E-state index >= 15 is 0 Å². The molecule has 0 bridgehead atoms. The molecule has 0 fully saturated rings. The maximum atomic E-state index is 11.8. The Kier molecular flexibility index (Phi) is 3.14. The topological polar surface area (TPSA) is 82.5 Å². The molecular weight excluding hydrogens is 232 g/mol. The summed E-state index contributed by atoms with van der Waals surface area (Å²) < 4.78 is 0. The smallest absolute Gasteiger partial charge is 0.256 e. The predicted octanol–water partition coefficient (Wildman–Crippen LogP) is 2.05. The molecule has 1 amide bonds. The fourth-order valence-corrected chi connectivity index (χ4v) is 1.46. The van der Waals surface area contributed by atoms with Crippen LogP contribution in [-0.2, 0) is 0 Å². The molecule has 5 heteroatoms. The van der Waals surface area contributed by atoms with Crippen LogP contribution in [0.4, 0.5) is 5.82 Å². The molecule has 0 aliphatic heterocycles. The number of pyridine rings is 1. The number of anilines is 1. The highest BCUT2D eigenvalue weighted by atomic mass is 16.3. The Labute approximate surface area is 104 Å². The van der Waals surface area contributed by atoms with Crippen LogP contribution in [0.15, 0.2) is 36.5 Å². The first-order valence-corrected chi connectivity index (χ1v) is 5.32. The van der Waals surface area contributed by atoms with Crippen LogP contribution in [0, 0.1) is 6.92 Å². The van der Waals surface area contributed by atoms with Crippen LogP contribution in [0.25, 0.3) is 0 Å². The molecule has 0 aliphatic carbocycles. The van der Waals surface area contributed by atoms with Gasteiger partial charge >= 0.3 is 0 Å². The largest absolute Gasteiger partial charge is 0.504 e. The second kappa shape index (κ2) is 4.75. The second-order valence-electron chi connectivity index (χ2n) is 3.88. The lowest BCUT2D eigenvalue weighted by Gasteiger charge is -2.06. The van der Waals surface area contributed by atoms with Crippen molar-refractivity contribution in [3.05, 3.63) is 47.7 Å². The molecule has 1 aromatic heterocycles. The zero-order chi connectivity index (χ0) is 13.1. The average molecular weight is 244 g/mol. The van der Waals surface area contributed by atoms with Gasteiger partial charge in [0.1, 0.15) is 5.82 Å². The summed E-state index contributed by atoms with van der Waals surface area (Å²) in [4.78, 5) is 15.8. The molecule has 0 unspecified atom stereocenters. The van der Waals surface area contributed by atoms with Crippen LogP contribution in [0.2, 0.25) is 0 Å². The minimum atomic E-state index is -0.400. The van der Waals surface area contributed by atoms with E-state index in [1.807, 2.05) is 13.0 Å². The Balaban J connectivity index is 2.19. The van der Waals surface area contributed by atoms with Crippen LogP contribution in [-0.4, -0.2) is 21.1 Å². The molecule has 0 radical (unpaired) electrons. The summed E-state index contributed by atoms with van der Waals surface area (Å²) in [7, 11) is 0. The van der Waals surface area contributed by atoms with E-state index in [0.29, 0.717) is 5.82 Å². The van der Waals surface area contributed by atoms with Crippen molar-refractivity contribution in [2.75, 3.05) is 5.32 Å². The van der Waals surface area contributed by atoms with Crippen molar-refractivity contribution < 1.29 is 15.0 Å². The van der Waals surface area contributed by atoms with Gasteiger partial charge in [-0.05, 0) is 42.8 Å². The number of hydrogen-bond donors (Lipinski definition) is 3. The van der Waals surface area contributed by atoms with Gasteiger partial charge in [0.15, 0.2) is 11.5 Å². The van der Waals surface area contributed by atoms with Crippen molar-refractivity contribution in [1.29, 1.82) is 0 Å². The van der Waals surface area contributed by atoms with Gasteiger partial charge in [0.05, 0.1) is 0 Å². The molecule has 2 rings (SSSR count). The fourth-order valence-electron chi connectivity index (χ4n) is 1.46. The van der Waals surface area contributed by atoms with Crippen molar-refractivity contribution in [2.45, 2.75) is 6.92 Å². The third-order valence-corrected chi connectivity index (χ3v) is 2.39. The lowest BCUT2D eigenvalue weighted by molar-refractivity contribution is 0.102. The summed E-state index contributed by atoms with van der Waals surface area (Å²) in [5, 5.41) is 21.1. The van der Waals surface area contributed by atoms with Gasteiger partial charge in [-0.2, -0.15) is 0 Å². The maximum Gasteiger partial charge on any atom is 0.256 e. The zero-order valence-corrected chi connectivity index (χ0v) is 9.71. The molecule has 92 valence electrons. The average Bonchev–Trinajstić information content (AvgIpc) is 2.32. The number of nitrogens with zero attached hydrogens (tertiary/aromatic N) is 1. The summed E-state index contributed by atoms with van der Waals surface area (Å²) in [6.45, 7) is 1.89. The molecule has 3 N–H and O–H groups in total. The highest BCUT2D eigenvalue weighted by Crippen LogP contribution is 2.25. The van der Waals surface area contributed by atoms with Crippen molar-refractivity contribution in [3.8, 4) is 11.5 Å². The fraction of sp³-hybridized carbons (Fsp3) is 0.0769. The van der Waals surface area contributed by atoms with Crippen molar-refractivity contribution in [3.63, 3.8) is 0 Å². The first-order valence-electron chi connectivity index (χ1n) is 5.32. The summed E-state index contributed by atoms with van der Waals surface area (Å²) in [5.74, 6) is -0.559. The van der Waals surface area contributed by atoms with Gasteiger partial charge in [-0.15, -0.1) is 0 Å². The molecule has 2 aromatic rings. The lowest BCUT2D eigenvalue weighted by atomic mass is 10.2. The highest BCUT2D eigenvalue weighted by molar-refractivity contribution is 6.04. The van der Waals surface area contributed by atoms with Gasteiger partial charge in [0, 0.05) is 11.8 Å². The number of rotatable bonds is 2. The van der Waals surface area contributed by atoms with Crippen molar-refractivity contribution in [2.24, 2.45) is 0 Å². The number of phenols is 2. The molecule has 0 saturated heterocycles. The number of nitrogens with one attached hydrogen (secondary N) is 1. The third-order valence-electron chi connectivity index (χ3n) is 2.39. The number of benzene rings is 1. The van der Waals surface area contributed by atoms with Crippen LogP contribution in [0.3, 0.4) is 0 Å². The van der Waals surface area contributed by atoms with E-state index in [0.717, 1.165) is 5.56 Å². The molecule has 0 atom stereocenters. The molecule has 18 heavy (non-hydrogen) atoms.